The molecule has 152 valence electrons. The molecule has 30 heavy (non-hydrogen) atoms. The van der Waals surface area contributed by atoms with E-state index in [-0.39, 0.29) is 12.7 Å². The van der Waals surface area contributed by atoms with E-state index in [1.54, 1.807) is 0 Å². The average molecular weight is 400 g/mol. The maximum absolute atomic E-state index is 13.6. The fraction of sp³-hybridized carbons (Fsp3) is 0.240. The summed E-state index contributed by atoms with van der Waals surface area (Å²) in [7, 11) is 0. The van der Waals surface area contributed by atoms with Crippen LogP contribution >= 0.6 is 0 Å². The summed E-state index contributed by atoms with van der Waals surface area (Å²) in [5.74, 6) is 1.59. The van der Waals surface area contributed by atoms with Crippen molar-refractivity contribution in [3.05, 3.63) is 83.4 Å². The van der Waals surface area contributed by atoms with Crippen molar-refractivity contribution in [3.63, 3.8) is 0 Å². The van der Waals surface area contributed by atoms with Crippen molar-refractivity contribution in [2.75, 3.05) is 17.0 Å². The summed E-state index contributed by atoms with van der Waals surface area (Å²) in [6, 6.07) is 21.8. The summed E-state index contributed by atoms with van der Waals surface area (Å²) in [5, 5.41) is 3.65. The van der Waals surface area contributed by atoms with Gasteiger partial charge in [-0.05, 0) is 68.1 Å². The largest absolute Gasteiger partial charge is 0.454 e. The van der Waals surface area contributed by atoms with Crippen LogP contribution in [0.4, 0.5) is 11.4 Å². The third-order valence-electron chi connectivity index (χ3n) is 5.95. The molecule has 0 bridgehead atoms. The minimum atomic E-state index is -0.575. The van der Waals surface area contributed by atoms with E-state index in [1.165, 1.54) is 0 Å². The average Bonchev–Trinajstić information content (AvgIpc) is 3.22. The normalized spacial score (nSPS) is 19.4. The molecular weight excluding hydrogens is 376 g/mol. The number of nitrogens with one attached hydrogen (secondary N) is 1. The Bertz CT molecular complexity index is 1130. The molecule has 0 radical (unpaired) electrons. The van der Waals surface area contributed by atoms with Crippen molar-refractivity contribution in [1.29, 1.82) is 0 Å². The number of nitrogens with zero attached hydrogens (tertiary/aromatic N) is 1. The van der Waals surface area contributed by atoms with Gasteiger partial charge in [0.2, 0.25) is 6.79 Å². The molecule has 0 unspecified atom stereocenters. The lowest BCUT2D eigenvalue weighted by atomic mass is 9.93. The van der Waals surface area contributed by atoms with Crippen LogP contribution in [0.5, 0.6) is 11.5 Å². The molecule has 3 aromatic carbocycles. The highest BCUT2D eigenvalue weighted by Crippen LogP contribution is 2.39. The maximum atomic E-state index is 13.6. The minimum absolute atomic E-state index is 0.0202. The SMILES string of the molecule is Cc1ccccc1N1C(=O)c2ccccc2N[C@@]1(C)CCc1ccc2c(c1)OCO2. The topological polar surface area (TPSA) is 50.8 Å². The van der Waals surface area contributed by atoms with E-state index in [9.17, 15) is 4.79 Å². The zero-order chi connectivity index (χ0) is 20.7. The third-order valence-corrected chi connectivity index (χ3v) is 5.95. The number of carbonyl (C=O) groups excluding carboxylic acids is 1. The van der Waals surface area contributed by atoms with Crippen LogP contribution < -0.4 is 19.7 Å². The Kier molecular flexibility index (Phi) is 4.39. The van der Waals surface area contributed by atoms with Gasteiger partial charge in [-0.15, -0.1) is 0 Å². The Balaban J connectivity index is 1.51. The Labute approximate surface area is 176 Å². The minimum Gasteiger partial charge on any atom is -0.454 e. The van der Waals surface area contributed by atoms with Crippen LogP contribution in [0.2, 0.25) is 0 Å². The van der Waals surface area contributed by atoms with Crippen molar-refractivity contribution in [2.45, 2.75) is 32.4 Å². The van der Waals surface area contributed by atoms with E-state index < -0.39 is 5.66 Å². The van der Waals surface area contributed by atoms with Crippen molar-refractivity contribution in [3.8, 4) is 11.5 Å². The fourth-order valence-corrected chi connectivity index (χ4v) is 4.32. The Hall–Kier alpha value is -3.47. The molecule has 0 spiro atoms. The number of para-hydroxylation sites is 2. The first kappa shape index (κ1) is 18.6. The second-order valence-corrected chi connectivity index (χ2v) is 8.06. The van der Waals surface area contributed by atoms with Gasteiger partial charge in [0.15, 0.2) is 11.5 Å². The predicted molar refractivity (Wildman–Crippen MR) is 117 cm³/mol. The summed E-state index contributed by atoms with van der Waals surface area (Å²) in [6.45, 7) is 4.41. The van der Waals surface area contributed by atoms with Crippen LogP contribution in [0.3, 0.4) is 0 Å². The molecule has 5 rings (SSSR count). The van der Waals surface area contributed by atoms with Gasteiger partial charge >= 0.3 is 0 Å². The van der Waals surface area contributed by atoms with Crippen LogP contribution in [-0.4, -0.2) is 18.4 Å². The Morgan fingerprint density at radius 3 is 2.63 bits per heavy atom. The molecule has 5 nitrogen and oxygen atoms in total. The van der Waals surface area contributed by atoms with E-state index in [0.717, 1.165) is 46.8 Å². The molecule has 1 amide bonds. The van der Waals surface area contributed by atoms with Gasteiger partial charge in [-0.2, -0.15) is 0 Å². The van der Waals surface area contributed by atoms with E-state index >= 15 is 0 Å². The predicted octanol–water partition coefficient (Wildman–Crippen LogP) is 5.15. The van der Waals surface area contributed by atoms with Crippen LogP contribution in [-0.2, 0) is 6.42 Å². The molecule has 2 aliphatic heterocycles. The summed E-state index contributed by atoms with van der Waals surface area (Å²) in [6.07, 6.45) is 1.53. The molecule has 0 saturated carbocycles. The molecule has 0 aromatic heterocycles. The van der Waals surface area contributed by atoms with Crippen LogP contribution in [0, 0.1) is 6.92 Å². The molecule has 0 aliphatic carbocycles. The van der Waals surface area contributed by atoms with Gasteiger partial charge in [-0.25, -0.2) is 0 Å². The number of anilines is 2. The number of aryl methyl sites for hydroxylation is 2. The summed E-state index contributed by atoms with van der Waals surface area (Å²) in [5.41, 5.74) is 4.15. The smallest absolute Gasteiger partial charge is 0.262 e. The highest BCUT2D eigenvalue weighted by molar-refractivity contribution is 6.13. The first-order chi connectivity index (χ1) is 14.5. The number of benzene rings is 3. The van der Waals surface area contributed by atoms with E-state index in [2.05, 4.69) is 18.3 Å². The van der Waals surface area contributed by atoms with E-state index in [1.807, 2.05) is 72.5 Å². The highest BCUT2D eigenvalue weighted by atomic mass is 16.7. The number of fused-ring (bicyclic) bond motifs is 2. The number of hydrogen-bond acceptors (Lipinski definition) is 4. The second-order valence-electron chi connectivity index (χ2n) is 8.06. The molecule has 1 atom stereocenters. The zero-order valence-corrected chi connectivity index (χ0v) is 17.1. The Morgan fingerprint density at radius 2 is 1.77 bits per heavy atom. The van der Waals surface area contributed by atoms with Crippen LogP contribution in [0.15, 0.2) is 66.7 Å². The number of hydrogen-bond donors (Lipinski definition) is 1. The lowest BCUT2D eigenvalue weighted by Crippen LogP contribution is -2.59. The molecule has 1 N–H and O–H groups in total. The summed E-state index contributed by atoms with van der Waals surface area (Å²) >= 11 is 0. The van der Waals surface area contributed by atoms with Gasteiger partial charge in [0, 0.05) is 11.4 Å². The molecule has 0 fully saturated rings. The maximum Gasteiger partial charge on any atom is 0.262 e. The number of ether oxygens (including phenoxy) is 2. The number of rotatable bonds is 4. The van der Waals surface area contributed by atoms with Gasteiger partial charge in [0.1, 0.15) is 5.66 Å². The molecule has 2 aliphatic rings. The van der Waals surface area contributed by atoms with Crippen molar-refractivity contribution < 1.29 is 14.3 Å². The lowest BCUT2D eigenvalue weighted by molar-refractivity contribution is 0.0954. The summed E-state index contributed by atoms with van der Waals surface area (Å²) < 4.78 is 10.9. The highest BCUT2D eigenvalue weighted by Gasteiger charge is 2.42. The van der Waals surface area contributed by atoms with E-state index in [4.69, 9.17) is 9.47 Å². The Morgan fingerprint density at radius 1 is 1.00 bits per heavy atom. The molecule has 2 heterocycles. The number of amides is 1. The first-order valence-corrected chi connectivity index (χ1v) is 10.2. The second kappa shape index (κ2) is 7.10. The standard InChI is InChI=1S/C25H24N2O3/c1-17-7-3-6-10-21(17)27-24(28)19-8-4-5-9-20(19)26-25(27,2)14-13-18-11-12-22-23(15-18)30-16-29-22/h3-12,15,26H,13-14,16H2,1-2H3/t25-/m1/s1. The fourth-order valence-electron chi connectivity index (χ4n) is 4.32. The zero-order valence-electron chi connectivity index (χ0n) is 17.1. The molecule has 5 heteroatoms. The molecular formula is C25H24N2O3. The van der Waals surface area contributed by atoms with Gasteiger partial charge < -0.3 is 14.8 Å². The third kappa shape index (κ3) is 3.07. The van der Waals surface area contributed by atoms with Crippen molar-refractivity contribution >= 4 is 17.3 Å². The quantitative estimate of drug-likeness (QED) is 0.658. The van der Waals surface area contributed by atoms with Gasteiger partial charge in [0.05, 0.1) is 5.56 Å². The van der Waals surface area contributed by atoms with Crippen molar-refractivity contribution in [1.82, 2.24) is 0 Å². The van der Waals surface area contributed by atoms with Crippen LogP contribution in [0.25, 0.3) is 0 Å². The first-order valence-electron chi connectivity index (χ1n) is 10.2. The van der Waals surface area contributed by atoms with Gasteiger partial charge in [-0.3, -0.25) is 9.69 Å². The number of carbonyl (C=O) groups is 1. The summed E-state index contributed by atoms with van der Waals surface area (Å²) in [4.78, 5) is 15.5. The lowest BCUT2D eigenvalue weighted by Gasteiger charge is -2.47. The molecule has 0 saturated heterocycles. The van der Waals surface area contributed by atoms with Crippen LogP contribution in [0.1, 0.15) is 34.8 Å². The monoisotopic (exact) mass is 400 g/mol. The van der Waals surface area contributed by atoms with Crippen molar-refractivity contribution in [2.24, 2.45) is 0 Å². The van der Waals surface area contributed by atoms with Gasteiger partial charge in [-0.1, -0.05) is 36.4 Å². The van der Waals surface area contributed by atoms with Gasteiger partial charge in [0.25, 0.3) is 5.91 Å². The molecule has 3 aromatic rings. The van der Waals surface area contributed by atoms with E-state index in [0.29, 0.717) is 5.56 Å².